The predicted octanol–water partition coefficient (Wildman–Crippen LogP) is 7.59. The SMILES string of the molecule is COc1c(Br)cc(Br)cc1C(=O)Nc1cccc(-c2nc3cc(Cl)cc(Cl)c3o2)c1. The number of methoxy groups -OCH3 is 1. The molecule has 1 aromatic heterocycles. The van der Waals surface area contributed by atoms with Crippen molar-refractivity contribution < 1.29 is 13.9 Å². The second kappa shape index (κ2) is 8.59. The summed E-state index contributed by atoms with van der Waals surface area (Å²) in [4.78, 5) is 17.3. The van der Waals surface area contributed by atoms with E-state index in [4.69, 9.17) is 32.4 Å². The van der Waals surface area contributed by atoms with Crippen LogP contribution in [0.2, 0.25) is 10.0 Å². The summed E-state index contributed by atoms with van der Waals surface area (Å²) in [6.07, 6.45) is 0. The molecule has 4 aromatic rings. The first-order valence-corrected chi connectivity index (χ1v) is 10.9. The Morgan fingerprint density at radius 2 is 1.93 bits per heavy atom. The van der Waals surface area contributed by atoms with Crippen LogP contribution >= 0.6 is 55.1 Å². The minimum absolute atomic E-state index is 0.321. The predicted molar refractivity (Wildman–Crippen MR) is 126 cm³/mol. The molecule has 1 amide bonds. The molecule has 30 heavy (non-hydrogen) atoms. The van der Waals surface area contributed by atoms with Crippen molar-refractivity contribution in [2.75, 3.05) is 12.4 Å². The Hall–Kier alpha value is -2.06. The van der Waals surface area contributed by atoms with Crippen molar-refractivity contribution in [3.8, 4) is 17.2 Å². The number of halogens is 4. The third-order valence-corrected chi connectivity index (χ3v) is 5.78. The molecule has 0 aliphatic rings. The van der Waals surface area contributed by atoms with Gasteiger partial charge in [-0.3, -0.25) is 4.79 Å². The van der Waals surface area contributed by atoms with E-state index in [1.165, 1.54) is 7.11 Å². The van der Waals surface area contributed by atoms with Crippen molar-refractivity contribution in [1.82, 2.24) is 4.98 Å². The lowest BCUT2D eigenvalue weighted by molar-refractivity contribution is 0.102. The summed E-state index contributed by atoms with van der Waals surface area (Å²) >= 11 is 19.0. The van der Waals surface area contributed by atoms with E-state index in [9.17, 15) is 4.79 Å². The van der Waals surface area contributed by atoms with Crippen LogP contribution in [0, 0.1) is 0 Å². The van der Waals surface area contributed by atoms with Crippen molar-refractivity contribution in [2.45, 2.75) is 0 Å². The topological polar surface area (TPSA) is 64.4 Å². The first-order valence-electron chi connectivity index (χ1n) is 8.56. The number of carbonyl (C=O) groups excluding carboxylic acids is 1. The quantitative estimate of drug-likeness (QED) is 0.274. The number of hydrogen-bond donors (Lipinski definition) is 1. The van der Waals surface area contributed by atoms with Gasteiger partial charge in [-0.05, 0) is 58.4 Å². The lowest BCUT2D eigenvalue weighted by Gasteiger charge is -2.12. The summed E-state index contributed by atoms with van der Waals surface area (Å²) in [6.45, 7) is 0. The number of nitrogens with one attached hydrogen (secondary N) is 1. The molecule has 9 heteroatoms. The molecule has 0 fully saturated rings. The molecule has 0 aliphatic heterocycles. The highest BCUT2D eigenvalue weighted by Crippen LogP contribution is 2.34. The summed E-state index contributed by atoms with van der Waals surface area (Å²) < 4.78 is 12.6. The van der Waals surface area contributed by atoms with Crippen LogP contribution in [0.5, 0.6) is 5.75 Å². The Labute approximate surface area is 198 Å². The Balaban J connectivity index is 1.67. The van der Waals surface area contributed by atoms with Gasteiger partial charge in [-0.2, -0.15) is 0 Å². The monoisotopic (exact) mass is 568 g/mol. The number of rotatable bonds is 4. The highest BCUT2D eigenvalue weighted by molar-refractivity contribution is 9.11. The van der Waals surface area contributed by atoms with Crippen molar-refractivity contribution in [2.24, 2.45) is 0 Å². The summed E-state index contributed by atoms with van der Waals surface area (Å²) in [5.41, 5.74) is 2.64. The molecular formula is C21H12Br2Cl2N2O3. The van der Waals surface area contributed by atoms with Gasteiger partial charge in [0.15, 0.2) is 5.58 Å². The summed E-state index contributed by atoms with van der Waals surface area (Å²) in [7, 11) is 1.51. The highest BCUT2D eigenvalue weighted by Gasteiger charge is 2.18. The van der Waals surface area contributed by atoms with Gasteiger partial charge in [0.1, 0.15) is 11.3 Å². The van der Waals surface area contributed by atoms with Crippen LogP contribution in [0.1, 0.15) is 10.4 Å². The van der Waals surface area contributed by atoms with Crippen molar-refractivity contribution in [3.05, 3.63) is 73.1 Å². The smallest absolute Gasteiger partial charge is 0.259 e. The van der Waals surface area contributed by atoms with Gasteiger partial charge in [-0.15, -0.1) is 0 Å². The Morgan fingerprint density at radius 3 is 2.70 bits per heavy atom. The molecule has 152 valence electrons. The second-order valence-corrected chi connectivity index (χ2v) is 8.87. The van der Waals surface area contributed by atoms with Crippen LogP contribution < -0.4 is 10.1 Å². The number of amides is 1. The van der Waals surface area contributed by atoms with Gasteiger partial charge >= 0.3 is 0 Å². The van der Waals surface area contributed by atoms with Crippen LogP contribution in [-0.4, -0.2) is 18.0 Å². The molecule has 4 rings (SSSR count). The third-order valence-electron chi connectivity index (χ3n) is 4.23. The van der Waals surface area contributed by atoms with Gasteiger partial charge in [0, 0.05) is 20.7 Å². The van der Waals surface area contributed by atoms with E-state index >= 15 is 0 Å². The molecule has 1 N–H and O–H groups in total. The maximum Gasteiger partial charge on any atom is 0.259 e. The molecule has 0 spiro atoms. The lowest BCUT2D eigenvalue weighted by atomic mass is 10.1. The molecule has 0 saturated heterocycles. The number of nitrogens with zero attached hydrogens (tertiary/aromatic N) is 1. The largest absolute Gasteiger partial charge is 0.495 e. The van der Waals surface area contributed by atoms with Crippen LogP contribution in [-0.2, 0) is 0 Å². The number of ether oxygens (including phenoxy) is 1. The van der Waals surface area contributed by atoms with Gasteiger partial charge in [-0.25, -0.2) is 4.98 Å². The van der Waals surface area contributed by atoms with Crippen molar-refractivity contribution in [1.29, 1.82) is 0 Å². The third kappa shape index (κ3) is 4.21. The minimum Gasteiger partial charge on any atom is -0.495 e. The average molecular weight is 571 g/mol. The molecule has 0 radical (unpaired) electrons. The van der Waals surface area contributed by atoms with Gasteiger partial charge in [0.05, 0.1) is 22.2 Å². The van der Waals surface area contributed by atoms with E-state index in [0.29, 0.717) is 54.1 Å². The summed E-state index contributed by atoms with van der Waals surface area (Å²) in [5.74, 6) is 0.490. The zero-order valence-electron chi connectivity index (χ0n) is 15.3. The molecule has 0 aliphatic carbocycles. The number of carbonyl (C=O) groups is 1. The Bertz CT molecular complexity index is 1290. The maximum atomic E-state index is 12.9. The number of fused-ring (bicyclic) bond motifs is 1. The van der Waals surface area contributed by atoms with Crippen LogP contribution in [0.4, 0.5) is 5.69 Å². The molecule has 0 unspecified atom stereocenters. The fourth-order valence-electron chi connectivity index (χ4n) is 2.95. The fourth-order valence-corrected chi connectivity index (χ4v) is 4.86. The Kier molecular flexibility index (Phi) is 6.06. The van der Waals surface area contributed by atoms with Gasteiger partial charge in [-0.1, -0.05) is 45.2 Å². The first kappa shape index (κ1) is 21.2. The molecule has 5 nitrogen and oxygen atoms in total. The van der Waals surface area contributed by atoms with E-state index in [2.05, 4.69) is 42.2 Å². The first-order chi connectivity index (χ1) is 14.4. The molecule has 0 bridgehead atoms. The van der Waals surface area contributed by atoms with E-state index in [-0.39, 0.29) is 5.91 Å². The van der Waals surface area contributed by atoms with Crippen LogP contribution in [0.25, 0.3) is 22.6 Å². The zero-order chi connectivity index (χ0) is 21.4. The van der Waals surface area contributed by atoms with E-state index in [0.717, 1.165) is 4.47 Å². The standard InChI is InChI=1S/C21H12Br2Cl2N2O3/c1-29-18-14(6-11(22)7-15(18)23)20(28)26-13-4-2-3-10(5-13)21-27-17-9-12(24)8-16(25)19(17)30-21/h2-9H,1H3,(H,26,28). The Morgan fingerprint density at radius 1 is 1.13 bits per heavy atom. The number of anilines is 1. The van der Waals surface area contributed by atoms with Gasteiger partial charge in [0.2, 0.25) is 5.89 Å². The molecule has 0 saturated carbocycles. The number of oxazole rings is 1. The second-order valence-electron chi connectivity index (χ2n) is 6.26. The fraction of sp³-hybridized carbons (Fsp3) is 0.0476. The van der Waals surface area contributed by atoms with E-state index in [1.807, 2.05) is 6.07 Å². The van der Waals surface area contributed by atoms with Crippen LogP contribution in [0.15, 0.2) is 61.9 Å². The van der Waals surface area contributed by atoms with Gasteiger partial charge in [0.25, 0.3) is 5.91 Å². The normalized spacial score (nSPS) is 11.0. The number of hydrogen-bond acceptors (Lipinski definition) is 4. The highest BCUT2D eigenvalue weighted by atomic mass is 79.9. The number of aromatic nitrogens is 1. The molecule has 3 aromatic carbocycles. The van der Waals surface area contributed by atoms with Crippen LogP contribution in [0.3, 0.4) is 0 Å². The zero-order valence-corrected chi connectivity index (χ0v) is 20.0. The number of benzene rings is 3. The summed E-state index contributed by atoms with van der Waals surface area (Å²) in [5, 5.41) is 3.73. The molecule has 0 atom stereocenters. The lowest BCUT2D eigenvalue weighted by Crippen LogP contribution is -2.13. The average Bonchev–Trinajstić information content (AvgIpc) is 3.12. The maximum absolute atomic E-state index is 12.9. The van der Waals surface area contributed by atoms with Crippen molar-refractivity contribution >= 4 is 77.8 Å². The minimum atomic E-state index is -0.321. The van der Waals surface area contributed by atoms with Gasteiger partial charge < -0.3 is 14.5 Å². The van der Waals surface area contributed by atoms with Crippen molar-refractivity contribution in [3.63, 3.8) is 0 Å². The molecular weight excluding hydrogens is 559 g/mol. The van der Waals surface area contributed by atoms with E-state index in [1.54, 1.807) is 42.5 Å². The van der Waals surface area contributed by atoms with E-state index < -0.39 is 0 Å². The molecule has 1 heterocycles. The summed E-state index contributed by atoms with van der Waals surface area (Å²) in [6, 6.07) is 13.9.